The van der Waals surface area contributed by atoms with Crippen molar-refractivity contribution in [1.82, 2.24) is 34.5 Å². The van der Waals surface area contributed by atoms with Crippen molar-refractivity contribution in [2.45, 2.75) is 0 Å². The number of fused-ring (bicyclic) bond motifs is 3. The summed E-state index contributed by atoms with van der Waals surface area (Å²) in [6, 6.07) is 76.6. The molecule has 0 bridgehead atoms. The van der Waals surface area contributed by atoms with E-state index in [1.807, 2.05) is 164 Å². The maximum atomic E-state index is 10.4. The monoisotopic (exact) mass is 957 g/mol. The molecular weight excluding hydrogens is 923 g/mol. The van der Waals surface area contributed by atoms with Crippen molar-refractivity contribution in [1.29, 1.82) is 21.0 Å². The minimum Gasteiger partial charge on any atom is -0.308 e. The molecule has 0 saturated heterocycles. The minimum atomic E-state index is 0.363. The Morgan fingerprint density at radius 2 is 0.640 bits per heavy atom. The second-order valence-electron chi connectivity index (χ2n) is 17.6. The fourth-order valence-corrected chi connectivity index (χ4v) is 9.45. The molecule has 0 radical (unpaired) electrons. The van der Waals surface area contributed by atoms with E-state index in [4.69, 9.17) is 29.9 Å². The van der Waals surface area contributed by atoms with Gasteiger partial charge in [-0.25, -0.2) is 29.9 Å². The van der Waals surface area contributed by atoms with Gasteiger partial charge in [-0.05, 0) is 76.9 Å². The Kier molecular flexibility index (Phi) is 11.5. The zero-order chi connectivity index (χ0) is 50.8. The summed E-state index contributed by atoms with van der Waals surface area (Å²) in [5.41, 5.74) is 11.2. The molecule has 11 heteroatoms. The fraction of sp³-hybridized carbons (Fsp3) is 0. The summed E-state index contributed by atoms with van der Waals surface area (Å²) in [6.07, 6.45) is 0. The molecule has 75 heavy (non-hydrogen) atoms. The van der Waals surface area contributed by atoms with Crippen LogP contribution in [0.1, 0.15) is 22.3 Å². The first-order valence-electron chi connectivity index (χ1n) is 23.8. The number of hydrogen-bond acceptors (Lipinski definition) is 10. The van der Waals surface area contributed by atoms with Crippen molar-refractivity contribution < 1.29 is 0 Å². The number of benzene rings is 9. The predicted octanol–water partition coefficient (Wildman–Crippen LogP) is 14.0. The summed E-state index contributed by atoms with van der Waals surface area (Å²) in [5.74, 6) is 2.75. The van der Waals surface area contributed by atoms with Crippen LogP contribution in [-0.4, -0.2) is 34.5 Å². The van der Waals surface area contributed by atoms with Gasteiger partial charge in [0.1, 0.15) is 0 Å². The van der Waals surface area contributed by atoms with Gasteiger partial charge in [-0.15, -0.1) is 0 Å². The topological polar surface area (TPSA) is 177 Å². The zero-order valence-corrected chi connectivity index (χ0v) is 39.6. The Labute approximate surface area is 430 Å². The number of aromatic nitrogens is 7. The van der Waals surface area contributed by atoms with Gasteiger partial charge >= 0.3 is 0 Å². The highest BCUT2D eigenvalue weighted by atomic mass is 15.1. The smallest absolute Gasteiger partial charge is 0.166 e. The molecule has 0 aliphatic heterocycles. The molecule has 12 aromatic rings. The molecule has 346 valence electrons. The van der Waals surface area contributed by atoms with Gasteiger partial charge in [0, 0.05) is 44.2 Å². The van der Waals surface area contributed by atoms with Crippen molar-refractivity contribution in [3.63, 3.8) is 0 Å². The van der Waals surface area contributed by atoms with E-state index in [0.717, 1.165) is 55.2 Å². The van der Waals surface area contributed by atoms with Gasteiger partial charge in [0.15, 0.2) is 34.9 Å². The van der Waals surface area contributed by atoms with Gasteiger partial charge in [-0.1, -0.05) is 158 Å². The van der Waals surface area contributed by atoms with E-state index in [1.165, 1.54) is 0 Å². The first-order chi connectivity index (χ1) is 37.0. The van der Waals surface area contributed by atoms with E-state index in [0.29, 0.717) is 85.1 Å². The lowest BCUT2D eigenvalue weighted by molar-refractivity contribution is 1.06. The van der Waals surface area contributed by atoms with E-state index in [9.17, 15) is 21.0 Å². The quantitative estimate of drug-likeness (QED) is 0.135. The largest absolute Gasteiger partial charge is 0.308 e. The molecule has 0 saturated carbocycles. The lowest BCUT2D eigenvalue weighted by Gasteiger charge is -2.17. The molecule has 0 unspecified atom stereocenters. The van der Waals surface area contributed by atoms with Gasteiger partial charge in [0.2, 0.25) is 0 Å². The number of hydrogen-bond donors (Lipinski definition) is 0. The molecule has 0 aliphatic carbocycles. The highest BCUT2D eigenvalue weighted by molar-refractivity contribution is 6.12. The van der Waals surface area contributed by atoms with Crippen LogP contribution in [0.3, 0.4) is 0 Å². The van der Waals surface area contributed by atoms with Gasteiger partial charge in [-0.2, -0.15) is 21.0 Å². The van der Waals surface area contributed by atoms with Crippen LogP contribution in [0.5, 0.6) is 0 Å². The zero-order valence-electron chi connectivity index (χ0n) is 39.6. The van der Waals surface area contributed by atoms with Gasteiger partial charge < -0.3 is 4.57 Å². The Bertz CT molecular complexity index is 4140. The van der Waals surface area contributed by atoms with Crippen LogP contribution in [0.2, 0.25) is 0 Å². The van der Waals surface area contributed by atoms with Crippen LogP contribution in [0.15, 0.2) is 212 Å². The van der Waals surface area contributed by atoms with Crippen molar-refractivity contribution in [2.75, 3.05) is 0 Å². The molecule has 12 rings (SSSR count). The lowest BCUT2D eigenvalue weighted by Crippen LogP contribution is -2.05. The Balaban J connectivity index is 1.19. The number of rotatable bonds is 9. The number of nitriles is 4. The molecule has 11 nitrogen and oxygen atoms in total. The molecule has 0 N–H and O–H groups in total. The van der Waals surface area contributed by atoms with Crippen molar-refractivity contribution in [2.24, 2.45) is 0 Å². The van der Waals surface area contributed by atoms with Crippen LogP contribution < -0.4 is 0 Å². The van der Waals surface area contributed by atoms with Crippen molar-refractivity contribution in [3.8, 4) is 121 Å². The SMILES string of the molecule is N#Cc1ccc(-c2ccc3c4ccc(-c5ccc(C#N)cc5C#N)cc4n(-c4ccc(-c5nc(-c6ccccc6)nc(-c6ccccc6)n5)cc4-c4nc(-c5ccccc5)nc(-c5ccccc5)n4)c3c2)c(C#N)c1. The molecule has 3 heterocycles. The van der Waals surface area contributed by atoms with E-state index < -0.39 is 0 Å². The first kappa shape index (κ1) is 44.9. The maximum Gasteiger partial charge on any atom is 0.166 e. The molecule has 9 aromatic carbocycles. The summed E-state index contributed by atoms with van der Waals surface area (Å²) in [7, 11) is 0. The van der Waals surface area contributed by atoms with Crippen LogP contribution in [0.25, 0.3) is 118 Å². The van der Waals surface area contributed by atoms with Crippen LogP contribution >= 0.6 is 0 Å². The van der Waals surface area contributed by atoms with Gasteiger partial charge in [-0.3, -0.25) is 0 Å². The van der Waals surface area contributed by atoms with Gasteiger partial charge in [0.25, 0.3) is 0 Å². The fourth-order valence-electron chi connectivity index (χ4n) is 9.45. The molecule has 0 fully saturated rings. The predicted molar refractivity (Wildman–Crippen MR) is 290 cm³/mol. The Morgan fingerprint density at radius 1 is 0.280 bits per heavy atom. The number of nitrogens with zero attached hydrogens (tertiary/aromatic N) is 11. The molecule has 3 aromatic heterocycles. The average Bonchev–Trinajstić information content (AvgIpc) is 3.85. The Morgan fingerprint density at radius 3 is 1.01 bits per heavy atom. The second-order valence-corrected chi connectivity index (χ2v) is 17.6. The van der Waals surface area contributed by atoms with E-state index in [-0.39, 0.29) is 0 Å². The van der Waals surface area contributed by atoms with E-state index in [1.54, 1.807) is 36.4 Å². The second kappa shape index (κ2) is 19.2. The molecule has 0 aliphatic rings. The van der Waals surface area contributed by atoms with Crippen LogP contribution in [0, 0.1) is 45.3 Å². The van der Waals surface area contributed by atoms with Crippen molar-refractivity contribution >= 4 is 21.8 Å². The summed E-state index contributed by atoms with van der Waals surface area (Å²) in [6.45, 7) is 0. The highest BCUT2D eigenvalue weighted by Gasteiger charge is 2.23. The van der Waals surface area contributed by atoms with E-state index in [2.05, 4.69) is 41.0 Å². The molecule has 0 atom stereocenters. The normalized spacial score (nSPS) is 10.9. The Hall–Kier alpha value is -11.2. The minimum absolute atomic E-state index is 0.363. The summed E-state index contributed by atoms with van der Waals surface area (Å²) < 4.78 is 2.16. The third-order valence-electron chi connectivity index (χ3n) is 13.1. The third-order valence-corrected chi connectivity index (χ3v) is 13.1. The van der Waals surface area contributed by atoms with Crippen LogP contribution in [-0.2, 0) is 0 Å². The standard InChI is InChI=1S/C64H35N11/c65-36-40-21-26-51(49(31-40)38-67)46-23-28-53-54-29-24-47(52-27-22-41(37-66)32-50(52)39-68)35-58(54)75(57(53)34-46)56-30-25-48(63-71-59(42-13-5-1-6-14-42)69-60(72-63)43-15-7-2-8-16-43)33-55(56)64-73-61(44-17-9-3-10-18-44)70-62(74-64)45-19-11-4-12-20-45/h1-35H. The summed E-state index contributed by atoms with van der Waals surface area (Å²) in [5, 5.41) is 42.1. The first-order valence-corrected chi connectivity index (χ1v) is 23.8. The highest BCUT2D eigenvalue weighted by Crippen LogP contribution is 2.42. The van der Waals surface area contributed by atoms with Gasteiger partial charge in [0.05, 0.1) is 63.3 Å². The lowest BCUT2D eigenvalue weighted by atomic mass is 9.96. The molecule has 0 spiro atoms. The van der Waals surface area contributed by atoms with E-state index >= 15 is 0 Å². The van der Waals surface area contributed by atoms with Crippen molar-refractivity contribution in [3.05, 3.63) is 235 Å². The molecule has 0 amide bonds. The maximum absolute atomic E-state index is 10.4. The molecular formula is C64H35N11. The van der Waals surface area contributed by atoms with Crippen LogP contribution in [0.4, 0.5) is 0 Å². The summed E-state index contributed by atoms with van der Waals surface area (Å²) in [4.78, 5) is 30.9. The average molecular weight is 958 g/mol. The summed E-state index contributed by atoms with van der Waals surface area (Å²) >= 11 is 0. The third kappa shape index (κ3) is 8.43.